The van der Waals surface area contributed by atoms with Crippen LogP contribution in [0.1, 0.15) is 26.0 Å². The van der Waals surface area contributed by atoms with E-state index in [1.807, 2.05) is 17.8 Å². The van der Waals surface area contributed by atoms with Gasteiger partial charge in [0, 0.05) is 13.2 Å². The molecule has 1 atom stereocenters. The van der Waals surface area contributed by atoms with E-state index >= 15 is 0 Å². The highest BCUT2D eigenvalue weighted by Gasteiger charge is 2.00. The van der Waals surface area contributed by atoms with Crippen LogP contribution >= 0.6 is 0 Å². The van der Waals surface area contributed by atoms with Crippen molar-refractivity contribution in [3.05, 3.63) is 18.2 Å². The molecule has 5 heteroatoms. The van der Waals surface area contributed by atoms with Crippen LogP contribution in [0.3, 0.4) is 0 Å². The molecule has 0 aliphatic carbocycles. The Kier molecular flexibility index (Phi) is 7.14. The van der Waals surface area contributed by atoms with Gasteiger partial charge < -0.3 is 9.30 Å². The summed E-state index contributed by atoms with van der Waals surface area (Å²) >= 11 is 0. The van der Waals surface area contributed by atoms with Gasteiger partial charge in [0.1, 0.15) is 0 Å². The highest BCUT2D eigenvalue weighted by atomic mass is 16.5. The molecule has 1 unspecified atom stereocenters. The molecule has 1 aromatic rings. The van der Waals surface area contributed by atoms with Crippen LogP contribution in [0.4, 0.5) is 0 Å². The zero-order valence-electron chi connectivity index (χ0n) is 9.27. The fourth-order valence-electron chi connectivity index (χ4n) is 0.887. The molecule has 0 saturated heterocycles. The van der Waals surface area contributed by atoms with Crippen LogP contribution in [0.5, 0.6) is 0 Å². The first-order valence-electron chi connectivity index (χ1n) is 4.71. The molecule has 0 bridgehead atoms. The van der Waals surface area contributed by atoms with Crippen LogP contribution in [-0.2, 0) is 28.0 Å². The van der Waals surface area contributed by atoms with Crippen LogP contribution in [0.25, 0.3) is 0 Å². The Balaban J connectivity index is 0.000000583. The van der Waals surface area contributed by atoms with Gasteiger partial charge in [-0.1, -0.05) is 6.92 Å². The topological polar surface area (TPSA) is 61.2 Å². The fourth-order valence-corrected chi connectivity index (χ4v) is 0.887. The van der Waals surface area contributed by atoms with Crippen LogP contribution in [0, 0.1) is 0 Å². The number of aryl methyl sites for hydroxylation is 1. The van der Waals surface area contributed by atoms with Gasteiger partial charge in [0.2, 0.25) is 0 Å². The van der Waals surface area contributed by atoms with Crippen molar-refractivity contribution in [2.45, 2.75) is 33.0 Å². The Labute approximate surface area is 89.1 Å². The molecule has 0 aliphatic heterocycles. The molecule has 0 aliphatic rings. The number of hydrogen-bond donors (Lipinski definition) is 0. The largest absolute Gasteiger partial charge is 0.373 e. The van der Waals surface area contributed by atoms with E-state index < -0.39 is 0 Å². The van der Waals surface area contributed by atoms with E-state index in [1.165, 1.54) is 0 Å². The van der Waals surface area contributed by atoms with E-state index in [2.05, 4.69) is 18.8 Å². The third kappa shape index (κ3) is 6.60. The first kappa shape index (κ1) is 13.5. The molecule has 5 nitrogen and oxygen atoms in total. The van der Waals surface area contributed by atoms with E-state index in [0.29, 0.717) is 12.7 Å². The zero-order valence-corrected chi connectivity index (χ0v) is 9.27. The number of nitrogens with zero attached hydrogens (tertiary/aromatic N) is 2. The Morgan fingerprint density at radius 2 is 2.20 bits per heavy atom. The SMILES string of the molecule is CCC(C)OCc1cn(C)cn1.O=C=O. The third-order valence-corrected chi connectivity index (χ3v) is 1.85. The average molecular weight is 212 g/mol. The molecule has 0 radical (unpaired) electrons. The van der Waals surface area contributed by atoms with Crippen molar-refractivity contribution in [1.29, 1.82) is 0 Å². The predicted octanol–water partition coefficient (Wildman–Crippen LogP) is 1.15. The fraction of sp³-hybridized carbons (Fsp3) is 0.600. The molecular formula is C10H16N2O3. The van der Waals surface area contributed by atoms with Crippen molar-refractivity contribution in [2.24, 2.45) is 7.05 Å². The summed E-state index contributed by atoms with van der Waals surface area (Å²) in [6, 6.07) is 0. The monoisotopic (exact) mass is 212 g/mol. The first-order valence-corrected chi connectivity index (χ1v) is 4.71. The number of aromatic nitrogens is 2. The smallest absolute Gasteiger partial charge is 0.372 e. The Bertz CT molecular complexity index is 303. The summed E-state index contributed by atoms with van der Waals surface area (Å²) in [6.07, 6.45) is 5.39. The van der Waals surface area contributed by atoms with Gasteiger partial charge in [-0.3, -0.25) is 0 Å². The molecule has 1 rings (SSSR count). The number of imidazole rings is 1. The van der Waals surface area contributed by atoms with Crippen molar-refractivity contribution in [1.82, 2.24) is 9.55 Å². The second kappa shape index (κ2) is 7.91. The van der Waals surface area contributed by atoms with Crippen LogP contribution in [0.15, 0.2) is 12.5 Å². The maximum Gasteiger partial charge on any atom is 0.373 e. The normalized spacial score (nSPS) is 11.1. The van der Waals surface area contributed by atoms with E-state index in [-0.39, 0.29) is 6.15 Å². The minimum absolute atomic E-state index is 0.250. The molecule has 0 amide bonds. The number of hydrogen-bond acceptors (Lipinski definition) is 4. The van der Waals surface area contributed by atoms with Gasteiger partial charge in [-0.25, -0.2) is 4.98 Å². The molecule has 1 heterocycles. The molecule has 15 heavy (non-hydrogen) atoms. The maximum atomic E-state index is 8.12. The lowest BCUT2D eigenvalue weighted by molar-refractivity contribution is -0.191. The van der Waals surface area contributed by atoms with Crippen molar-refractivity contribution >= 4 is 6.15 Å². The summed E-state index contributed by atoms with van der Waals surface area (Å²) in [5.74, 6) is 0. The predicted molar refractivity (Wildman–Crippen MR) is 52.8 cm³/mol. The molecule has 0 aromatic carbocycles. The summed E-state index contributed by atoms with van der Waals surface area (Å²) < 4.78 is 7.44. The highest BCUT2D eigenvalue weighted by molar-refractivity contribution is 5.20. The standard InChI is InChI=1S/C9H16N2O.CO2/c1-4-8(2)12-6-9-5-11(3)7-10-9;2-1-3/h5,7-8H,4,6H2,1-3H3;. The molecule has 1 aromatic heterocycles. The quantitative estimate of drug-likeness (QED) is 0.751. The summed E-state index contributed by atoms with van der Waals surface area (Å²) in [5, 5.41) is 0. The maximum absolute atomic E-state index is 8.12. The molecule has 0 N–H and O–H groups in total. The minimum atomic E-state index is 0.250. The zero-order chi connectivity index (χ0) is 11.7. The number of carbonyl (C=O) groups excluding carboxylic acids is 2. The summed E-state index contributed by atoms with van der Waals surface area (Å²) in [7, 11) is 1.96. The molecule has 0 spiro atoms. The Morgan fingerprint density at radius 1 is 1.60 bits per heavy atom. The lowest BCUT2D eigenvalue weighted by Crippen LogP contribution is -2.06. The van der Waals surface area contributed by atoms with Crippen molar-refractivity contribution in [3.8, 4) is 0 Å². The summed E-state index contributed by atoms with van der Waals surface area (Å²) in [6.45, 7) is 4.81. The Morgan fingerprint density at radius 3 is 2.60 bits per heavy atom. The second-order valence-electron chi connectivity index (χ2n) is 3.14. The van der Waals surface area contributed by atoms with Crippen LogP contribution in [-0.4, -0.2) is 21.8 Å². The molecule has 0 saturated carbocycles. The van der Waals surface area contributed by atoms with Crippen molar-refractivity contribution in [2.75, 3.05) is 0 Å². The van der Waals surface area contributed by atoms with E-state index in [1.54, 1.807) is 6.33 Å². The first-order chi connectivity index (χ1) is 7.13. The minimum Gasteiger partial charge on any atom is -0.372 e. The Hall–Kier alpha value is -1.45. The van der Waals surface area contributed by atoms with Gasteiger partial charge in [-0.05, 0) is 13.3 Å². The highest BCUT2D eigenvalue weighted by Crippen LogP contribution is 2.02. The molecule has 84 valence electrons. The van der Waals surface area contributed by atoms with Gasteiger partial charge in [-0.15, -0.1) is 0 Å². The lowest BCUT2D eigenvalue weighted by atomic mass is 10.3. The molecule has 0 fully saturated rings. The van der Waals surface area contributed by atoms with Crippen molar-refractivity contribution < 1.29 is 14.3 Å². The number of ether oxygens (including phenoxy) is 1. The van der Waals surface area contributed by atoms with Crippen LogP contribution < -0.4 is 0 Å². The van der Waals surface area contributed by atoms with E-state index in [4.69, 9.17) is 14.3 Å². The van der Waals surface area contributed by atoms with Gasteiger partial charge >= 0.3 is 6.15 Å². The van der Waals surface area contributed by atoms with Gasteiger partial charge in [0.15, 0.2) is 0 Å². The van der Waals surface area contributed by atoms with Gasteiger partial charge in [0.25, 0.3) is 0 Å². The van der Waals surface area contributed by atoms with Gasteiger partial charge in [0.05, 0.1) is 24.7 Å². The average Bonchev–Trinajstić information content (AvgIpc) is 2.62. The van der Waals surface area contributed by atoms with E-state index in [9.17, 15) is 0 Å². The number of rotatable bonds is 4. The third-order valence-electron chi connectivity index (χ3n) is 1.85. The summed E-state index contributed by atoms with van der Waals surface area (Å²) in [5.41, 5.74) is 0.998. The summed E-state index contributed by atoms with van der Waals surface area (Å²) in [4.78, 5) is 20.4. The lowest BCUT2D eigenvalue weighted by Gasteiger charge is -2.07. The van der Waals surface area contributed by atoms with Crippen molar-refractivity contribution in [3.63, 3.8) is 0 Å². The van der Waals surface area contributed by atoms with E-state index in [0.717, 1.165) is 12.1 Å². The molecular weight excluding hydrogens is 196 g/mol. The second-order valence-corrected chi connectivity index (χ2v) is 3.14. The van der Waals surface area contributed by atoms with Gasteiger partial charge in [-0.2, -0.15) is 9.59 Å². The van der Waals surface area contributed by atoms with Crippen LogP contribution in [0.2, 0.25) is 0 Å².